The SMILES string of the molecule is CCCN(C)C(=O)[C@@H]1CO[C@H](CNC(=O)CC2CCCc3ccccc32)C1. The van der Waals surface area contributed by atoms with Crippen LogP contribution in [0.25, 0.3) is 0 Å². The van der Waals surface area contributed by atoms with Gasteiger partial charge in [0.1, 0.15) is 0 Å². The van der Waals surface area contributed by atoms with Crippen LogP contribution >= 0.6 is 0 Å². The fourth-order valence-electron chi connectivity index (χ4n) is 4.37. The number of aryl methyl sites for hydroxylation is 1. The van der Waals surface area contributed by atoms with E-state index in [-0.39, 0.29) is 23.8 Å². The third-order valence-electron chi connectivity index (χ3n) is 5.82. The summed E-state index contributed by atoms with van der Waals surface area (Å²) in [6, 6.07) is 8.48. The zero-order chi connectivity index (χ0) is 19.2. The number of rotatable bonds is 7. The second-order valence-electron chi connectivity index (χ2n) is 7.94. The molecular formula is C22H32N2O3. The summed E-state index contributed by atoms with van der Waals surface area (Å²) in [5.41, 5.74) is 2.72. The summed E-state index contributed by atoms with van der Waals surface area (Å²) in [4.78, 5) is 26.6. The van der Waals surface area contributed by atoms with Gasteiger partial charge in [-0.3, -0.25) is 9.59 Å². The quantitative estimate of drug-likeness (QED) is 0.801. The van der Waals surface area contributed by atoms with E-state index in [4.69, 9.17) is 4.74 Å². The zero-order valence-electron chi connectivity index (χ0n) is 16.6. The Kier molecular flexibility index (Phi) is 6.89. The van der Waals surface area contributed by atoms with Gasteiger partial charge in [0, 0.05) is 26.6 Å². The van der Waals surface area contributed by atoms with E-state index in [0.717, 1.165) is 32.2 Å². The molecule has 5 heteroatoms. The molecule has 1 heterocycles. The number of hydrogen-bond donors (Lipinski definition) is 1. The third kappa shape index (κ3) is 5.10. The maximum Gasteiger partial charge on any atom is 0.227 e. The molecule has 0 aromatic heterocycles. The Balaban J connectivity index is 1.44. The summed E-state index contributed by atoms with van der Waals surface area (Å²) in [5, 5.41) is 3.03. The first-order chi connectivity index (χ1) is 13.1. The van der Waals surface area contributed by atoms with Crippen LogP contribution in [0.4, 0.5) is 0 Å². The van der Waals surface area contributed by atoms with Crippen LogP contribution in [0.3, 0.4) is 0 Å². The molecule has 1 saturated heterocycles. The maximum atomic E-state index is 12.4. The van der Waals surface area contributed by atoms with Gasteiger partial charge in [-0.25, -0.2) is 0 Å². The number of nitrogens with zero attached hydrogens (tertiary/aromatic N) is 1. The molecule has 1 aromatic carbocycles. The Morgan fingerprint density at radius 2 is 2.11 bits per heavy atom. The van der Waals surface area contributed by atoms with E-state index in [9.17, 15) is 9.59 Å². The van der Waals surface area contributed by atoms with Gasteiger partial charge in [0.25, 0.3) is 0 Å². The highest BCUT2D eigenvalue weighted by Crippen LogP contribution is 2.33. The van der Waals surface area contributed by atoms with Crippen molar-refractivity contribution in [2.75, 3.05) is 26.7 Å². The lowest BCUT2D eigenvalue weighted by Gasteiger charge is -2.25. The van der Waals surface area contributed by atoms with Crippen LogP contribution in [0.5, 0.6) is 0 Å². The highest BCUT2D eigenvalue weighted by atomic mass is 16.5. The molecule has 2 aliphatic rings. The van der Waals surface area contributed by atoms with Crippen LogP contribution in [0.1, 0.15) is 56.1 Å². The number of ether oxygens (including phenoxy) is 1. The minimum atomic E-state index is -0.0753. The fraction of sp³-hybridized carbons (Fsp3) is 0.636. The highest BCUT2D eigenvalue weighted by Gasteiger charge is 2.32. The molecule has 148 valence electrons. The minimum Gasteiger partial charge on any atom is -0.376 e. The van der Waals surface area contributed by atoms with Gasteiger partial charge >= 0.3 is 0 Å². The molecule has 3 rings (SSSR count). The molecule has 3 atom stereocenters. The van der Waals surface area contributed by atoms with Crippen LogP contribution in [0.15, 0.2) is 24.3 Å². The summed E-state index contributed by atoms with van der Waals surface area (Å²) in [5.74, 6) is 0.479. The lowest BCUT2D eigenvalue weighted by atomic mass is 9.81. The van der Waals surface area contributed by atoms with E-state index in [1.807, 2.05) is 7.05 Å². The molecule has 0 bridgehead atoms. The molecule has 1 N–H and O–H groups in total. The van der Waals surface area contributed by atoms with E-state index < -0.39 is 0 Å². The zero-order valence-corrected chi connectivity index (χ0v) is 16.6. The Bertz CT molecular complexity index is 661. The Morgan fingerprint density at radius 1 is 1.30 bits per heavy atom. The molecule has 1 unspecified atom stereocenters. The molecule has 0 spiro atoms. The van der Waals surface area contributed by atoms with E-state index in [1.165, 1.54) is 11.1 Å². The molecule has 1 aromatic rings. The Labute approximate surface area is 162 Å². The number of nitrogens with one attached hydrogen (secondary N) is 1. The molecular weight excluding hydrogens is 340 g/mol. The molecule has 0 saturated carbocycles. The Morgan fingerprint density at radius 3 is 2.93 bits per heavy atom. The average Bonchev–Trinajstić information content (AvgIpc) is 3.15. The minimum absolute atomic E-state index is 0.0587. The van der Waals surface area contributed by atoms with Gasteiger partial charge in [0.05, 0.1) is 18.6 Å². The van der Waals surface area contributed by atoms with Gasteiger partial charge < -0.3 is 15.0 Å². The van der Waals surface area contributed by atoms with Crippen LogP contribution in [-0.4, -0.2) is 49.6 Å². The molecule has 1 aliphatic carbocycles. The van der Waals surface area contributed by atoms with Crippen LogP contribution in [0, 0.1) is 5.92 Å². The lowest BCUT2D eigenvalue weighted by molar-refractivity contribution is -0.134. The maximum absolute atomic E-state index is 12.4. The van der Waals surface area contributed by atoms with Gasteiger partial charge in [-0.1, -0.05) is 31.2 Å². The van der Waals surface area contributed by atoms with E-state index in [0.29, 0.717) is 31.9 Å². The number of fused-ring (bicyclic) bond motifs is 1. The highest BCUT2D eigenvalue weighted by molar-refractivity contribution is 5.79. The first-order valence-corrected chi connectivity index (χ1v) is 10.3. The summed E-state index contributed by atoms with van der Waals surface area (Å²) >= 11 is 0. The summed E-state index contributed by atoms with van der Waals surface area (Å²) in [6.45, 7) is 3.80. The van der Waals surface area contributed by atoms with Gasteiger partial charge in [0.2, 0.25) is 11.8 Å². The molecule has 5 nitrogen and oxygen atoms in total. The van der Waals surface area contributed by atoms with Crippen molar-refractivity contribution >= 4 is 11.8 Å². The van der Waals surface area contributed by atoms with Gasteiger partial charge in [-0.2, -0.15) is 0 Å². The largest absolute Gasteiger partial charge is 0.376 e. The first-order valence-electron chi connectivity index (χ1n) is 10.3. The van der Waals surface area contributed by atoms with Crippen molar-refractivity contribution < 1.29 is 14.3 Å². The fourth-order valence-corrected chi connectivity index (χ4v) is 4.37. The number of carbonyl (C=O) groups excluding carboxylic acids is 2. The Hall–Kier alpha value is -1.88. The predicted octanol–water partition coefficient (Wildman–Crippen LogP) is 2.89. The lowest BCUT2D eigenvalue weighted by Crippen LogP contribution is -2.35. The normalized spacial score (nSPS) is 24.3. The van der Waals surface area contributed by atoms with Crippen molar-refractivity contribution in [1.82, 2.24) is 10.2 Å². The van der Waals surface area contributed by atoms with Crippen molar-refractivity contribution in [3.8, 4) is 0 Å². The van der Waals surface area contributed by atoms with Gasteiger partial charge in [-0.15, -0.1) is 0 Å². The molecule has 1 aliphatic heterocycles. The van der Waals surface area contributed by atoms with Crippen molar-refractivity contribution in [2.45, 2.75) is 57.5 Å². The average molecular weight is 373 g/mol. The smallest absolute Gasteiger partial charge is 0.227 e. The number of amides is 2. The van der Waals surface area contributed by atoms with Crippen LogP contribution < -0.4 is 5.32 Å². The molecule has 1 fully saturated rings. The van der Waals surface area contributed by atoms with Crippen molar-refractivity contribution in [1.29, 1.82) is 0 Å². The van der Waals surface area contributed by atoms with E-state index in [2.05, 4.69) is 36.5 Å². The van der Waals surface area contributed by atoms with E-state index >= 15 is 0 Å². The standard InChI is InChI=1S/C22H32N2O3/c1-3-11-24(2)22(26)18-12-19(27-15-18)14-23-21(25)13-17-9-6-8-16-7-4-5-10-20(16)17/h4-5,7,10,17-19H,3,6,8-9,11-15H2,1-2H3,(H,23,25)/t17?,18-,19-/m0/s1. The predicted molar refractivity (Wildman–Crippen MR) is 106 cm³/mol. The van der Waals surface area contributed by atoms with Crippen molar-refractivity contribution in [3.05, 3.63) is 35.4 Å². The van der Waals surface area contributed by atoms with Crippen molar-refractivity contribution in [2.24, 2.45) is 5.92 Å². The third-order valence-corrected chi connectivity index (χ3v) is 5.82. The monoisotopic (exact) mass is 372 g/mol. The van der Waals surface area contributed by atoms with E-state index in [1.54, 1.807) is 4.90 Å². The summed E-state index contributed by atoms with van der Waals surface area (Å²) in [7, 11) is 1.85. The molecule has 27 heavy (non-hydrogen) atoms. The van der Waals surface area contributed by atoms with Gasteiger partial charge in [0.15, 0.2) is 0 Å². The first kappa shape index (κ1) is 19.9. The second kappa shape index (κ2) is 9.36. The van der Waals surface area contributed by atoms with Crippen molar-refractivity contribution in [3.63, 3.8) is 0 Å². The van der Waals surface area contributed by atoms with Gasteiger partial charge in [-0.05, 0) is 49.1 Å². The number of benzene rings is 1. The molecule has 2 amide bonds. The van der Waals surface area contributed by atoms with Crippen LogP contribution in [0.2, 0.25) is 0 Å². The topological polar surface area (TPSA) is 58.6 Å². The summed E-state index contributed by atoms with van der Waals surface area (Å²) < 4.78 is 5.75. The number of carbonyl (C=O) groups is 2. The number of hydrogen-bond acceptors (Lipinski definition) is 3. The summed E-state index contributed by atoms with van der Waals surface area (Å²) in [6.07, 6.45) is 5.47. The van der Waals surface area contributed by atoms with Crippen LogP contribution in [-0.2, 0) is 20.7 Å². The second-order valence-corrected chi connectivity index (χ2v) is 7.94. The molecule has 0 radical (unpaired) electrons.